The Morgan fingerprint density at radius 2 is 1.97 bits per heavy atom. The average molecular weight is 413 g/mol. The molecule has 1 saturated heterocycles. The molecule has 1 fully saturated rings. The third-order valence-electron chi connectivity index (χ3n) is 7.28. The number of likely N-dealkylation sites (N-methyl/N-ethyl adjacent to an activating group) is 1. The molecule has 0 atom stereocenters. The Morgan fingerprint density at radius 3 is 2.71 bits per heavy atom. The number of amides is 1. The number of fused-ring (bicyclic) bond motifs is 6. The molecule has 0 radical (unpaired) electrons. The van der Waals surface area contributed by atoms with Crippen molar-refractivity contribution in [3.8, 4) is 22.5 Å². The predicted molar refractivity (Wildman–Crippen MR) is 122 cm³/mol. The number of H-pyrrole nitrogens is 1. The maximum Gasteiger partial charge on any atom is 0.253 e. The molecule has 5 nitrogen and oxygen atoms in total. The number of pyridine rings is 1. The molecule has 1 amide bonds. The number of carbonyl (C=O) groups excluding carboxylic acids is 1. The van der Waals surface area contributed by atoms with Gasteiger partial charge in [0, 0.05) is 42.7 Å². The van der Waals surface area contributed by atoms with Gasteiger partial charge in [-0.1, -0.05) is 37.6 Å². The lowest BCUT2D eigenvalue weighted by Crippen LogP contribution is -2.65. The van der Waals surface area contributed by atoms with E-state index in [1.165, 1.54) is 22.3 Å². The van der Waals surface area contributed by atoms with Crippen molar-refractivity contribution in [1.82, 2.24) is 20.2 Å². The Bertz CT molecular complexity index is 1180. The minimum absolute atomic E-state index is 0.0282. The number of carbonyl (C=O) groups is 1. The molecule has 158 valence electrons. The molecule has 1 spiro atoms. The Balaban J connectivity index is 1.44. The fourth-order valence-electron chi connectivity index (χ4n) is 5.81. The van der Waals surface area contributed by atoms with Crippen LogP contribution in [0.1, 0.15) is 46.1 Å². The number of rotatable bonds is 3. The van der Waals surface area contributed by atoms with Crippen LogP contribution in [0.25, 0.3) is 22.5 Å². The van der Waals surface area contributed by atoms with E-state index in [4.69, 9.17) is 4.98 Å². The van der Waals surface area contributed by atoms with Crippen molar-refractivity contribution in [3.05, 3.63) is 64.5 Å². The Morgan fingerprint density at radius 1 is 1.16 bits per heavy atom. The third kappa shape index (κ3) is 2.79. The zero-order valence-corrected chi connectivity index (χ0v) is 18.2. The van der Waals surface area contributed by atoms with E-state index in [1.54, 1.807) is 0 Å². The summed E-state index contributed by atoms with van der Waals surface area (Å²) in [6.07, 6.45) is 6.10. The van der Waals surface area contributed by atoms with Gasteiger partial charge in [0.1, 0.15) is 0 Å². The summed E-state index contributed by atoms with van der Waals surface area (Å²) in [4.78, 5) is 23.7. The number of aromatic amines is 1. The lowest BCUT2D eigenvalue weighted by Gasteiger charge is -2.50. The van der Waals surface area contributed by atoms with Crippen molar-refractivity contribution in [1.29, 1.82) is 0 Å². The molecule has 2 N–H and O–H groups in total. The van der Waals surface area contributed by atoms with Crippen LogP contribution in [0.5, 0.6) is 0 Å². The lowest BCUT2D eigenvalue weighted by atomic mass is 9.73. The number of hydrogen-bond donors (Lipinski definition) is 2. The summed E-state index contributed by atoms with van der Waals surface area (Å²) >= 11 is 0. The van der Waals surface area contributed by atoms with Crippen molar-refractivity contribution in [2.24, 2.45) is 0 Å². The summed E-state index contributed by atoms with van der Waals surface area (Å²) in [5.74, 6) is 0.0805. The zero-order chi connectivity index (χ0) is 21.2. The standard InChI is InChI=1S/C26H28N4O/c1-3-4-16-5-7-17(8-6-16)21-11-20-18(12-27-21)9-10-19-22-24(29-23(19)20)26(13-28-25(22)31)14-30(2)15-26/h5-8,11-12,29H,3-4,9-10,13-15H2,1-2H3,(H,28,31). The molecule has 3 aliphatic rings. The van der Waals surface area contributed by atoms with E-state index in [-0.39, 0.29) is 11.3 Å². The maximum atomic E-state index is 12.9. The van der Waals surface area contributed by atoms with Gasteiger partial charge in [-0.25, -0.2) is 0 Å². The van der Waals surface area contributed by atoms with Gasteiger partial charge in [-0.2, -0.15) is 0 Å². The number of hydrogen-bond acceptors (Lipinski definition) is 3. The Labute approximate surface area is 182 Å². The van der Waals surface area contributed by atoms with Crippen LogP contribution in [0.15, 0.2) is 36.5 Å². The van der Waals surface area contributed by atoms with E-state index in [0.717, 1.165) is 73.5 Å². The molecule has 0 unspecified atom stereocenters. The van der Waals surface area contributed by atoms with Gasteiger partial charge in [0.2, 0.25) is 0 Å². The van der Waals surface area contributed by atoms with Gasteiger partial charge < -0.3 is 15.2 Å². The average Bonchev–Trinajstić information content (AvgIpc) is 3.17. The second-order valence-electron chi connectivity index (χ2n) is 9.54. The van der Waals surface area contributed by atoms with Crippen LogP contribution >= 0.6 is 0 Å². The SMILES string of the molecule is CCCc1ccc(-c2cc3c(cn2)CCc2c-3[nH]c3c2C(=O)NCC32CN(C)C2)cc1. The summed E-state index contributed by atoms with van der Waals surface area (Å²) in [5, 5.41) is 3.17. The van der Waals surface area contributed by atoms with Gasteiger partial charge in [0.25, 0.3) is 5.91 Å². The molecular formula is C26H28N4O. The summed E-state index contributed by atoms with van der Waals surface area (Å²) in [6.45, 7) is 4.90. The second-order valence-corrected chi connectivity index (χ2v) is 9.54. The summed E-state index contributed by atoms with van der Waals surface area (Å²) < 4.78 is 0. The maximum absolute atomic E-state index is 12.9. The second kappa shape index (κ2) is 6.79. The monoisotopic (exact) mass is 412 g/mol. The minimum Gasteiger partial charge on any atom is -0.357 e. The number of aromatic nitrogens is 2. The Kier molecular flexibility index (Phi) is 4.12. The van der Waals surface area contributed by atoms with E-state index < -0.39 is 0 Å². The molecule has 31 heavy (non-hydrogen) atoms. The minimum atomic E-state index is 0.0282. The quantitative estimate of drug-likeness (QED) is 0.689. The molecule has 1 aliphatic carbocycles. The van der Waals surface area contributed by atoms with Crippen molar-refractivity contribution in [2.45, 2.75) is 38.0 Å². The Hall–Kier alpha value is -2.92. The lowest BCUT2D eigenvalue weighted by molar-refractivity contribution is 0.0688. The first-order chi connectivity index (χ1) is 15.1. The molecule has 3 aromatic rings. The number of aryl methyl sites for hydroxylation is 2. The molecule has 0 bridgehead atoms. The van der Waals surface area contributed by atoms with Crippen LogP contribution in [-0.2, 0) is 24.7 Å². The molecule has 1 aromatic carbocycles. The van der Waals surface area contributed by atoms with Crippen LogP contribution < -0.4 is 5.32 Å². The topological polar surface area (TPSA) is 61.0 Å². The van der Waals surface area contributed by atoms with Crippen molar-refractivity contribution < 1.29 is 4.79 Å². The third-order valence-corrected chi connectivity index (χ3v) is 7.28. The fraction of sp³-hybridized carbons (Fsp3) is 0.385. The first-order valence-corrected chi connectivity index (χ1v) is 11.4. The highest BCUT2D eigenvalue weighted by Crippen LogP contribution is 2.44. The van der Waals surface area contributed by atoms with Crippen molar-refractivity contribution in [3.63, 3.8) is 0 Å². The molecular weight excluding hydrogens is 384 g/mol. The van der Waals surface area contributed by atoms with Crippen LogP contribution in [0.4, 0.5) is 0 Å². The summed E-state index contributed by atoms with van der Waals surface area (Å²) in [7, 11) is 2.14. The number of nitrogens with one attached hydrogen (secondary N) is 2. The molecule has 4 heterocycles. The first-order valence-electron chi connectivity index (χ1n) is 11.4. The molecule has 2 aromatic heterocycles. The van der Waals surface area contributed by atoms with E-state index in [9.17, 15) is 4.79 Å². The smallest absolute Gasteiger partial charge is 0.253 e. The van der Waals surface area contributed by atoms with Crippen LogP contribution in [-0.4, -0.2) is 47.5 Å². The highest BCUT2D eigenvalue weighted by molar-refractivity contribution is 6.01. The molecule has 5 heteroatoms. The highest BCUT2D eigenvalue weighted by atomic mass is 16.1. The predicted octanol–water partition coefficient (Wildman–Crippen LogP) is 3.72. The van der Waals surface area contributed by atoms with Gasteiger partial charge in [-0.15, -0.1) is 0 Å². The van der Waals surface area contributed by atoms with Crippen molar-refractivity contribution >= 4 is 5.91 Å². The van der Waals surface area contributed by atoms with Gasteiger partial charge in [0.05, 0.1) is 22.4 Å². The molecule has 0 saturated carbocycles. The van der Waals surface area contributed by atoms with E-state index in [2.05, 4.69) is 59.5 Å². The molecule has 6 rings (SSSR count). The molecule has 2 aliphatic heterocycles. The number of nitrogens with zero attached hydrogens (tertiary/aromatic N) is 2. The van der Waals surface area contributed by atoms with Crippen LogP contribution in [0.3, 0.4) is 0 Å². The summed E-state index contributed by atoms with van der Waals surface area (Å²) in [6, 6.07) is 11.0. The van der Waals surface area contributed by atoms with Gasteiger partial charge in [-0.3, -0.25) is 9.78 Å². The van der Waals surface area contributed by atoms with E-state index in [0.29, 0.717) is 0 Å². The summed E-state index contributed by atoms with van der Waals surface area (Å²) in [5.41, 5.74) is 10.4. The van der Waals surface area contributed by atoms with Gasteiger partial charge >= 0.3 is 0 Å². The van der Waals surface area contributed by atoms with E-state index >= 15 is 0 Å². The zero-order valence-electron chi connectivity index (χ0n) is 18.2. The van der Waals surface area contributed by atoms with Crippen LogP contribution in [0.2, 0.25) is 0 Å². The largest absolute Gasteiger partial charge is 0.357 e. The van der Waals surface area contributed by atoms with Gasteiger partial charge in [0.15, 0.2) is 0 Å². The number of likely N-dealkylation sites (tertiary alicyclic amines) is 1. The van der Waals surface area contributed by atoms with Gasteiger partial charge in [-0.05, 0) is 49.1 Å². The number of benzene rings is 1. The normalized spacial score (nSPS) is 18.7. The van der Waals surface area contributed by atoms with Crippen molar-refractivity contribution in [2.75, 3.05) is 26.7 Å². The van der Waals surface area contributed by atoms with E-state index in [1.807, 2.05) is 6.20 Å². The van der Waals surface area contributed by atoms with Crippen LogP contribution in [0, 0.1) is 0 Å². The highest BCUT2D eigenvalue weighted by Gasteiger charge is 2.50. The fourth-order valence-corrected chi connectivity index (χ4v) is 5.81. The first kappa shape index (κ1) is 18.8.